The Kier molecular flexibility index (Phi) is 6.75. The van der Waals surface area contributed by atoms with Gasteiger partial charge in [-0.3, -0.25) is 0 Å². The van der Waals surface area contributed by atoms with Crippen molar-refractivity contribution in [2.24, 2.45) is 11.8 Å². The molecular formula is C22H36O2S. The molecule has 0 aromatic heterocycles. The van der Waals surface area contributed by atoms with E-state index >= 15 is 0 Å². The lowest BCUT2D eigenvalue weighted by Gasteiger charge is -2.30. The lowest BCUT2D eigenvalue weighted by Crippen LogP contribution is -2.34. The predicted molar refractivity (Wildman–Crippen MR) is 108 cm³/mol. The molecule has 25 heavy (non-hydrogen) atoms. The molecular weight excluding hydrogens is 328 g/mol. The second-order valence-corrected chi connectivity index (χ2v) is 12.0. The number of rotatable bonds is 6. The normalized spacial score (nSPS) is 22.3. The standard InChI is InChI=1S/C22H36O2S/c1-17(2)21-14-12-19(13-15-21)7-6-18-8-10-20(11-9-18)16-25(23,24)22(3,4)5/h12-15,17-18,20H,6-11,16H2,1-5H3. The summed E-state index contributed by atoms with van der Waals surface area (Å²) in [7, 11) is -2.98. The molecule has 1 aliphatic rings. The topological polar surface area (TPSA) is 34.1 Å². The molecule has 0 saturated heterocycles. The van der Waals surface area contributed by atoms with E-state index in [1.54, 1.807) is 0 Å². The molecule has 0 bridgehead atoms. The first-order valence-corrected chi connectivity index (χ1v) is 11.5. The van der Waals surface area contributed by atoms with E-state index in [-0.39, 0.29) is 0 Å². The Balaban J connectivity index is 1.77. The van der Waals surface area contributed by atoms with Gasteiger partial charge in [0.05, 0.1) is 10.5 Å². The van der Waals surface area contributed by atoms with Gasteiger partial charge in [-0.05, 0) is 75.3 Å². The third-order valence-electron chi connectivity index (χ3n) is 5.84. The van der Waals surface area contributed by atoms with E-state index in [0.29, 0.717) is 17.6 Å². The van der Waals surface area contributed by atoms with Crippen molar-refractivity contribution in [1.29, 1.82) is 0 Å². The Hall–Kier alpha value is -0.830. The van der Waals surface area contributed by atoms with Gasteiger partial charge in [0.1, 0.15) is 0 Å². The highest BCUT2D eigenvalue weighted by molar-refractivity contribution is 7.92. The molecule has 0 radical (unpaired) electrons. The third-order valence-corrected chi connectivity index (χ3v) is 8.62. The smallest absolute Gasteiger partial charge is 0.155 e. The average molecular weight is 365 g/mol. The maximum Gasteiger partial charge on any atom is 0.155 e. The Morgan fingerprint density at radius 3 is 1.96 bits per heavy atom. The molecule has 0 unspecified atom stereocenters. The van der Waals surface area contributed by atoms with Crippen molar-refractivity contribution in [2.45, 2.75) is 83.8 Å². The van der Waals surface area contributed by atoms with Crippen LogP contribution in [0.15, 0.2) is 24.3 Å². The minimum absolute atomic E-state index is 0.366. The van der Waals surface area contributed by atoms with E-state index in [1.807, 2.05) is 20.8 Å². The number of hydrogen-bond acceptors (Lipinski definition) is 2. The van der Waals surface area contributed by atoms with Crippen LogP contribution < -0.4 is 0 Å². The highest BCUT2D eigenvalue weighted by atomic mass is 32.2. The molecule has 3 heteroatoms. The van der Waals surface area contributed by atoms with Gasteiger partial charge in [0, 0.05) is 0 Å². The van der Waals surface area contributed by atoms with Gasteiger partial charge < -0.3 is 0 Å². The molecule has 0 spiro atoms. The summed E-state index contributed by atoms with van der Waals surface area (Å²) in [6.45, 7) is 9.91. The zero-order chi connectivity index (χ0) is 18.7. The second-order valence-electron chi connectivity index (χ2n) is 9.22. The summed E-state index contributed by atoms with van der Waals surface area (Å²) in [5.41, 5.74) is 2.84. The summed E-state index contributed by atoms with van der Waals surface area (Å²) in [6, 6.07) is 9.07. The number of aryl methyl sites for hydroxylation is 1. The molecule has 2 rings (SSSR count). The van der Waals surface area contributed by atoms with Crippen LogP contribution in [0.5, 0.6) is 0 Å². The number of benzene rings is 1. The van der Waals surface area contributed by atoms with Crippen LogP contribution in [-0.4, -0.2) is 18.9 Å². The first-order valence-electron chi connectivity index (χ1n) is 9.89. The summed E-state index contributed by atoms with van der Waals surface area (Å²) in [5.74, 6) is 2.10. The minimum atomic E-state index is -2.98. The highest BCUT2D eigenvalue weighted by Crippen LogP contribution is 2.34. The summed E-state index contributed by atoms with van der Waals surface area (Å²) in [4.78, 5) is 0. The van der Waals surface area contributed by atoms with E-state index in [0.717, 1.165) is 25.2 Å². The fourth-order valence-electron chi connectivity index (χ4n) is 3.69. The van der Waals surface area contributed by atoms with Crippen LogP contribution >= 0.6 is 0 Å². The Labute approximate surface area is 155 Å². The molecule has 1 aromatic rings. The number of sulfone groups is 1. The summed E-state index contributed by atoms with van der Waals surface area (Å²) < 4.78 is 24.2. The zero-order valence-electron chi connectivity index (χ0n) is 16.7. The van der Waals surface area contributed by atoms with Gasteiger partial charge in [0.15, 0.2) is 9.84 Å². The lowest BCUT2D eigenvalue weighted by atomic mass is 9.80. The molecule has 0 aliphatic heterocycles. The maximum absolute atomic E-state index is 12.4. The van der Waals surface area contributed by atoms with Crippen LogP contribution in [0, 0.1) is 11.8 Å². The summed E-state index contributed by atoms with van der Waals surface area (Å²) in [5, 5.41) is 0. The van der Waals surface area contributed by atoms with Crippen LogP contribution in [0.4, 0.5) is 0 Å². The molecule has 142 valence electrons. The van der Waals surface area contributed by atoms with Crippen LogP contribution in [0.25, 0.3) is 0 Å². The van der Waals surface area contributed by atoms with E-state index in [2.05, 4.69) is 38.1 Å². The Bertz CT molecular complexity index is 628. The largest absolute Gasteiger partial charge is 0.228 e. The Morgan fingerprint density at radius 1 is 0.960 bits per heavy atom. The molecule has 1 saturated carbocycles. The zero-order valence-corrected chi connectivity index (χ0v) is 17.5. The van der Waals surface area contributed by atoms with Crippen molar-refractivity contribution in [3.63, 3.8) is 0 Å². The van der Waals surface area contributed by atoms with Gasteiger partial charge in [0.25, 0.3) is 0 Å². The van der Waals surface area contributed by atoms with Crippen molar-refractivity contribution in [3.05, 3.63) is 35.4 Å². The van der Waals surface area contributed by atoms with Crippen LogP contribution in [0.2, 0.25) is 0 Å². The fourth-order valence-corrected chi connectivity index (χ4v) is 5.14. The Morgan fingerprint density at radius 2 is 1.48 bits per heavy atom. The second kappa shape index (κ2) is 8.24. The third kappa shape index (κ3) is 5.84. The molecule has 0 heterocycles. The van der Waals surface area contributed by atoms with E-state index in [9.17, 15) is 8.42 Å². The van der Waals surface area contributed by atoms with Gasteiger partial charge >= 0.3 is 0 Å². The first kappa shape index (κ1) is 20.5. The predicted octanol–water partition coefficient (Wildman–Crippen LogP) is 5.76. The van der Waals surface area contributed by atoms with Gasteiger partial charge in [-0.25, -0.2) is 8.42 Å². The van der Waals surface area contributed by atoms with Crippen molar-refractivity contribution in [1.82, 2.24) is 0 Å². The van der Waals surface area contributed by atoms with Gasteiger partial charge in [-0.2, -0.15) is 0 Å². The molecule has 0 atom stereocenters. The van der Waals surface area contributed by atoms with E-state index in [4.69, 9.17) is 0 Å². The maximum atomic E-state index is 12.4. The SMILES string of the molecule is CC(C)c1ccc(CCC2CCC(CS(=O)(=O)C(C)(C)C)CC2)cc1. The monoisotopic (exact) mass is 364 g/mol. The van der Waals surface area contributed by atoms with Crippen molar-refractivity contribution < 1.29 is 8.42 Å². The van der Waals surface area contributed by atoms with Gasteiger partial charge in [-0.15, -0.1) is 0 Å². The molecule has 2 nitrogen and oxygen atoms in total. The highest BCUT2D eigenvalue weighted by Gasteiger charge is 2.33. The quantitative estimate of drug-likeness (QED) is 0.643. The molecule has 1 fully saturated rings. The van der Waals surface area contributed by atoms with Crippen LogP contribution in [0.1, 0.15) is 83.8 Å². The van der Waals surface area contributed by atoms with Gasteiger partial charge in [-0.1, -0.05) is 51.0 Å². The van der Waals surface area contributed by atoms with Crippen LogP contribution in [0.3, 0.4) is 0 Å². The van der Waals surface area contributed by atoms with Crippen molar-refractivity contribution >= 4 is 9.84 Å². The van der Waals surface area contributed by atoms with E-state index < -0.39 is 14.6 Å². The molecule has 0 amide bonds. The van der Waals surface area contributed by atoms with Crippen molar-refractivity contribution in [2.75, 3.05) is 5.75 Å². The number of hydrogen-bond donors (Lipinski definition) is 0. The first-order chi connectivity index (χ1) is 11.6. The fraction of sp³-hybridized carbons (Fsp3) is 0.727. The summed E-state index contributed by atoms with van der Waals surface area (Å²) in [6.07, 6.45) is 6.91. The van der Waals surface area contributed by atoms with Gasteiger partial charge in [0.2, 0.25) is 0 Å². The van der Waals surface area contributed by atoms with Crippen molar-refractivity contribution in [3.8, 4) is 0 Å². The molecule has 1 aromatic carbocycles. The van der Waals surface area contributed by atoms with Crippen LogP contribution in [-0.2, 0) is 16.3 Å². The molecule has 1 aliphatic carbocycles. The minimum Gasteiger partial charge on any atom is -0.228 e. The lowest BCUT2D eigenvalue weighted by molar-refractivity contribution is 0.278. The summed E-state index contributed by atoms with van der Waals surface area (Å²) >= 11 is 0. The molecule has 0 N–H and O–H groups in total. The van der Waals surface area contributed by atoms with E-state index in [1.165, 1.54) is 30.4 Å². The average Bonchev–Trinajstić information content (AvgIpc) is 2.53.